The highest BCUT2D eigenvalue weighted by molar-refractivity contribution is 5.79. The van der Waals surface area contributed by atoms with Gasteiger partial charge >= 0.3 is 0 Å². The predicted molar refractivity (Wildman–Crippen MR) is 68.8 cm³/mol. The molecule has 1 aliphatic rings. The van der Waals surface area contributed by atoms with Gasteiger partial charge in [0.1, 0.15) is 11.5 Å². The molecule has 1 saturated carbocycles. The molecule has 2 rings (SSSR count). The standard InChI is InChI=1S/C13H16N2O3/c1-14(10-6-8-11(16)9-7-10)12-4-2-3-5-13(12)15(17)18/h2-5,10H,6-9H2,1H3. The second kappa shape index (κ2) is 5.16. The molecule has 0 unspecified atom stereocenters. The van der Waals surface area contributed by atoms with Gasteiger partial charge in [-0.25, -0.2) is 0 Å². The molecular weight excluding hydrogens is 232 g/mol. The summed E-state index contributed by atoms with van der Waals surface area (Å²) < 4.78 is 0. The number of benzene rings is 1. The van der Waals surface area contributed by atoms with Crippen LogP contribution >= 0.6 is 0 Å². The molecule has 18 heavy (non-hydrogen) atoms. The number of ketones is 1. The third kappa shape index (κ3) is 2.50. The molecule has 0 bridgehead atoms. The Morgan fingerprint density at radius 1 is 1.28 bits per heavy atom. The number of nitro groups is 1. The van der Waals surface area contributed by atoms with E-state index in [1.54, 1.807) is 18.2 Å². The van der Waals surface area contributed by atoms with Crippen LogP contribution in [0.5, 0.6) is 0 Å². The molecule has 1 aromatic rings. The molecule has 1 aromatic carbocycles. The molecule has 0 saturated heterocycles. The first-order valence-electron chi connectivity index (χ1n) is 6.07. The van der Waals surface area contributed by atoms with Crippen LogP contribution in [0.2, 0.25) is 0 Å². The van der Waals surface area contributed by atoms with E-state index in [0.29, 0.717) is 24.3 Å². The number of anilines is 1. The van der Waals surface area contributed by atoms with E-state index in [-0.39, 0.29) is 16.7 Å². The fourth-order valence-corrected chi connectivity index (χ4v) is 2.43. The van der Waals surface area contributed by atoms with E-state index < -0.39 is 0 Å². The smallest absolute Gasteiger partial charge is 0.292 e. The van der Waals surface area contributed by atoms with Gasteiger partial charge in [-0.3, -0.25) is 14.9 Å². The zero-order chi connectivity index (χ0) is 13.1. The summed E-state index contributed by atoms with van der Waals surface area (Å²) >= 11 is 0. The largest absolute Gasteiger partial charge is 0.366 e. The molecule has 5 nitrogen and oxygen atoms in total. The number of nitrogens with zero attached hydrogens (tertiary/aromatic N) is 2. The lowest BCUT2D eigenvalue weighted by Gasteiger charge is -2.32. The van der Waals surface area contributed by atoms with Gasteiger partial charge in [-0.2, -0.15) is 0 Å². The molecule has 1 fully saturated rings. The quantitative estimate of drug-likeness (QED) is 0.609. The third-order valence-electron chi connectivity index (χ3n) is 3.52. The summed E-state index contributed by atoms with van der Waals surface area (Å²) in [6.07, 6.45) is 2.72. The second-order valence-electron chi connectivity index (χ2n) is 4.63. The molecule has 1 aliphatic carbocycles. The van der Waals surface area contributed by atoms with E-state index in [2.05, 4.69) is 0 Å². The van der Waals surface area contributed by atoms with E-state index >= 15 is 0 Å². The van der Waals surface area contributed by atoms with Crippen LogP contribution in [0.25, 0.3) is 0 Å². The maximum Gasteiger partial charge on any atom is 0.292 e. The zero-order valence-electron chi connectivity index (χ0n) is 10.3. The van der Waals surface area contributed by atoms with Crippen molar-refractivity contribution in [3.63, 3.8) is 0 Å². The number of Topliss-reactive ketones (excluding diaryl/α,β-unsaturated/α-hetero) is 1. The number of carbonyl (C=O) groups is 1. The summed E-state index contributed by atoms with van der Waals surface area (Å²) in [5.41, 5.74) is 0.749. The van der Waals surface area contributed by atoms with E-state index in [1.807, 2.05) is 11.9 Å². The first-order valence-corrected chi connectivity index (χ1v) is 6.07. The Morgan fingerprint density at radius 3 is 2.50 bits per heavy atom. The molecule has 96 valence electrons. The summed E-state index contributed by atoms with van der Waals surface area (Å²) in [5, 5.41) is 11.0. The third-order valence-corrected chi connectivity index (χ3v) is 3.52. The van der Waals surface area contributed by atoms with Gasteiger partial charge in [0.2, 0.25) is 0 Å². The normalized spacial score (nSPS) is 16.6. The lowest BCUT2D eigenvalue weighted by atomic mass is 9.93. The molecule has 0 heterocycles. The minimum atomic E-state index is -0.361. The van der Waals surface area contributed by atoms with Crippen LogP contribution in [0.3, 0.4) is 0 Å². The Hall–Kier alpha value is -1.91. The minimum Gasteiger partial charge on any atom is -0.366 e. The van der Waals surface area contributed by atoms with Gasteiger partial charge in [0.05, 0.1) is 4.92 Å². The molecule has 5 heteroatoms. The SMILES string of the molecule is CN(c1ccccc1[N+](=O)[O-])C1CCC(=O)CC1. The van der Waals surface area contributed by atoms with Crippen molar-refractivity contribution in [3.05, 3.63) is 34.4 Å². The van der Waals surface area contributed by atoms with E-state index in [9.17, 15) is 14.9 Å². The number of hydrogen-bond acceptors (Lipinski definition) is 4. The zero-order valence-corrected chi connectivity index (χ0v) is 10.3. The topological polar surface area (TPSA) is 63.4 Å². The molecular formula is C13H16N2O3. The summed E-state index contributed by atoms with van der Waals surface area (Å²) in [6.45, 7) is 0. The Labute approximate surface area is 106 Å². The van der Waals surface area contributed by atoms with Crippen molar-refractivity contribution in [2.24, 2.45) is 0 Å². The van der Waals surface area contributed by atoms with Gasteiger partial charge in [-0.15, -0.1) is 0 Å². The number of carbonyl (C=O) groups excluding carboxylic acids is 1. The van der Waals surface area contributed by atoms with Gasteiger partial charge in [0.15, 0.2) is 0 Å². The number of hydrogen-bond donors (Lipinski definition) is 0. The minimum absolute atomic E-state index is 0.122. The summed E-state index contributed by atoms with van der Waals surface area (Å²) in [6, 6.07) is 6.95. The maximum atomic E-state index is 11.2. The van der Waals surface area contributed by atoms with Gasteiger partial charge in [-0.05, 0) is 18.9 Å². The molecule has 0 spiro atoms. The first kappa shape index (κ1) is 12.5. The summed E-state index contributed by atoms with van der Waals surface area (Å²) in [5.74, 6) is 0.294. The van der Waals surface area contributed by atoms with Crippen molar-refractivity contribution in [2.75, 3.05) is 11.9 Å². The van der Waals surface area contributed by atoms with Crippen molar-refractivity contribution >= 4 is 17.2 Å². The lowest BCUT2D eigenvalue weighted by Crippen LogP contribution is -2.35. The summed E-state index contributed by atoms with van der Waals surface area (Å²) in [4.78, 5) is 23.8. The van der Waals surface area contributed by atoms with Gasteiger partial charge in [0, 0.05) is 32.0 Å². The van der Waals surface area contributed by atoms with Crippen molar-refractivity contribution < 1.29 is 9.72 Å². The van der Waals surface area contributed by atoms with Crippen LogP contribution in [-0.4, -0.2) is 23.8 Å². The van der Waals surface area contributed by atoms with Gasteiger partial charge < -0.3 is 4.90 Å². The van der Waals surface area contributed by atoms with E-state index in [1.165, 1.54) is 6.07 Å². The highest BCUT2D eigenvalue weighted by atomic mass is 16.6. The Morgan fingerprint density at radius 2 is 1.89 bits per heavy atom. The molecule has 0 atom stereocenters. The van der Waals surface area contributed by atoms with Crippen LogP contribution in [0.1, 0.15) is 25.7 Å². The van der Waals surface area contributed by atoms with Gasteiger partial charge in [-0.1, -0.05) is 12.1 Å². The molecule has 0 N–H and O–H groups in total. The number of para-hydroxylation sites is 2. The molecule has 0 amide bonds. The molecule has 0 aromatic heterocycles. The van der Waals surface area contributed by atoms with Crippen LogP contribution in [0.15, 0.2) is 24.3 Å². The lowest BCUT2D eigenvalue weighted by molar-refractivity contribution is -0.384. The summed E-state index contributed by atoms with van der Waals surface area (Å²) in [7, 11) is 1.86. The van der Waals surface area contributed by atoms with Crippen molar-refractivity contribution in [3.8, 4) is 0 Å². The fourth-order valence-electron chi connectivity index (χ4n) is 2.43. The monoisotopic (exact) mass is 248 g/mol. The number of nitro benzene ring substituents is 1. The van der Waals surface area contributed by atoms with Crippen molar-refractivity contribution in [1.82, 2.24) is 0 Å². The van der Waals surface area contributed by atoms with Crippen LogP contribution in [0.4, 0.5) is 11.4 Å². The Kier molecular flexibility index (Phi) is 3.60. The Balaban J connectivity index is 2.20. The molecule has 0 radical (unpaired) electrons. The van der Waals surface area contributed by atoms with Crippen LogP contribution < -0.4 is 4.90 Å². The molecule has 0 aliphatic heterocycles. The number of rotatable bonds is 3. The highest BCUT2D eigenvalue weighted by Gasteiger charge is 2.26. The average molecular weight is 248 g/mol. The van der Waals surface area contributed by atoms with Crippen LogP contribution in [0, 0.1) is 10.1 Å². The van der Waals surface area contributed by atoms with E-state index in [0.717, 1.165) is 12.8 Å². The van der Waals surface area contributed by atoms with Gasteiger partial charge in [0.25, 0.3) is 5.69 Å². The van der Waals surface area contributed by atoms with E-state index in [4.69, 9.17) is 0 Å². The Bertz CT molecular complexity index is 463. The first-order chi connectivity index (χ1) is 8.59. The van der Waals surface area contributed by atoms with Crippen LogP contribution in [-0.2, 0) is 4.79 Å². The average Bonchev–Trinajstić information content (AvgIpc) is 2.39. The maximum absolute atomic E-state index is 11.2. The van der Waals surface area contributed by atoms with Crippen molar-refractivity contribution in [2.45, 2.75) is 31.7 Å². The fraction of sp³-hybridized carbons (Fsp3) is 0.462. The highest BCUT2D eigenvalue weighted by Crippen LogP contribution is 2.31. The predicted octanol–water partition coefficient (Wildman–Crippen LogP) is 2.54. The second-order valence-corrected chi connectivity index (χ2v) is 4.63. The van der Waals surface area contributed by atoms with Crippen molar-refractivity contribution in [1.29, 1.82) is 0 Å².